The molecule has 0 spiro atoms. The molecular weight excluding hydrogens is 204 g/mol. The lowest BCUT2D eigenvalue weighted by molar-refractivity contribution is 0.741. The van der Waals surface area contributed by atoms with Crippen molar-refractivity contribution >= 4 is 11.6 Å². The standard InChI is InChI=1S/C10H14N6/c1-16-7-5-8(15-16)4-6-12-10-3-2-9(11)13-14-10/h2-3,5,7H,4,6H2,1H3,(H2,11,13)(H,12,14). The van der Waals surface area contributed by atoms with Gasteiger partial charge in [0.1, 0.15) is 11.6 Å². The molecule has 0 atom stereocenters. The fourth-order valence-corrected chi connectivity index (χ4v) is 1.35. The summed E-state index contributed by atoms with van der Waals surface area (Å²) < 4.78 is 1.79. The third-order valence-electron chi connectivity index (χ3n) is 2.14. The molecule has 6 heteroatoms. The van der Waals surface area contributed by atoms with Crippen LogP contribution >= 0.6 is 0 Å². The van der Waals surface area contributed by atoms with E-state index in [1.54, 1.807) is 16.8 Å². The van der Waals surface area contributed by atoms with Crippen molar-refractivity contribution in [2.24, 2.45) is 7.05 Å². The molecule has 2 rings (SSSR count). The second-order valence-corrected chi connectivity index (χ2v) is 3.50. The van der Waals surface area contributed by atoms with Gasteiger partial charge in [-0.3, -0.25) is 4.68 Å². The van der Waals surface area contributed by atoms with Gasteiger partial charge in [0.15, 0.2) is 0 Å². The first kappa shape index (κ1) is 10.4. The first-order valence-electron chi connectivity index (χ1n) is 5.05. The van der Waals surface area contributed by atoms with Gasteiger partial charge in [-0.15, -0.1) is 10.2 Å². The molecule has 0 amide bonds. The second kappa shape index (κ2) is 4.61. The van der Waals surface area contributed by atoms with Crippen LogP contribution in [0.3, 0.4) is 0 Å². The van der Waals surface area contributed by atoms with Crippen LogP contribution in [-0.2, 0) is 13.5 Å². The first-order valence-corrected chi connectivity index (χ1v) is 5.05. The van der Waals surface area contributed by atoms with E-state index in [-0.39, 0.29) is 0 Å². The lowest BCUT2D eigenvalue weighted by atomic mass is 10.3. The van der Waals surface area contributed by atoms with E-state index in [9.17, 15) is 0 Å². The number of aryl methyl sites for hydroxylation is 1. The molecule has 16 heavy (non-hydrogen) atoms. The Morgan fingerprint density at radius 3 is 2.81 bits per heavy atom. The number of anilines is 2. The van der Waals surface area contributed by atoms with Gasteiger partial charge in [0, 0.05) is 26.2 Å². The Morgan fingerprint density at radius 2 is 2.19 bits per heavy atom. The Morgan fingerprint density at radius 1 is 1.31 bits per heavy atom. The van der Waals surface area contributed by atoms with E-state index >= 15 is 0 Å². The maximum Gasteiger partial charge on any atom is 0.148 e. The summed E-state index contributed by atoms with van der Waals surface area (Å²) in [6.45, 7) is 0.773. The SMILES string of the molecule is Cn1ccc(CCNc2ccc(N)nn2)n1. The van der Waals surface area contributed by atoms with Crippen LogP contribution < -0.4 is 11.1 Å². The summed E-state index contributed by atoms with van der Waals surface area (Å²) in [5.41, 5.74) is 6.49. The molecule has 0 radical (unpaired) electrons. The molecule has 0 saturated heterocycles. The summed E-state index contributed by atoms with van der Waals surface area (Å²) in [6.07, 6.45) is 2.78. The predicted molar refractivity (Wildman–Crippen MR) is 61.8 cm³/mol. The predicted octanol–water partition coefficient (Wildman–Crippen LogP) is 0.447. The first-order chi connectivity index (χ1) is 7.74. The fraction of sp³-hybridized carbons (Fsp3) is 0.300. The molecule has 0 saturated carbocycles. The summed E-state index contributed by atoms with van der Waals surface area (Å²) >= 11 is 0. The van der Waals surface area contributed by atoms with Crippen molar-refractivity contribution in [3.63, 3.8) is 0 Å². The number of nitrogens with two attached hydrogens (primary N) is 1. The Labute approximate surface area is 93.5 Å². The third kappa shape index (κ3) is 2.69. The average Bonchev–Trinajstić information content (AvgIpc) is 2.67. The summed E-state index contributed by atoms with van der Waals surface area (Å²) in [6, 6.07) is 5.52. The maximum absolute atomic E-state index is 5.44. The molecule has 6 nitrogen and oxygen atoms in total. The molecule has 2 aromatic rings. The minimum Gasteiger partial charge on any atom is -0.382 e. The smallest absolute Gasteiger partial charge is 0.148 e. The van der Waals surface area contributed by atoms with Gasteiger partial charge in [-0.1, -0.05) is 0 Å². The van der Waals surface area contributed by atoms with Crippen molar-refractivity contribution in [1.82, 2.24) is 20.0 Å². The highest BCUT2D eigenvalue weighted by atomic mass is 15.2. The average molecular weight is 218 g/mol. The van der Waals surface area contributed by atoms with Crippen molar-refractivity contribution in [3.05, 3.63) is 30.1 Å². The summed E-state index contributed by atoms with van der Waals surface area (Å²) in [5.74, 6) is 1.15. The monoisotopic (exact) mass is 218 g/mol. The lowest BCUT2D eigenvalue weighted by Crippen LogP contribution is -2.08. The van der Waals surface area contributed by atoms with Crippen molar-refractivity contribution in [1.29, 1.82) is 0 Å². The van der Waals surface area contributed by atoms with E-state index in [4.69, 9.17) is 5.73 Å². The molecule has 0 aliphatic rings. The van der Waals surface area contributed by atoms with Crippen molar-refractivity contribution in [2.75, 3.05) is 17.6 Å². The third-order valence-corrected chi connectivity index (χ3v) is 2.14. The number of nitrogens with zero attached hydrogens (tertiary/aromatic N) is 4. The zero-order valence-electron chi connectivity index (χ0n) is 9.09. The van der Waals surface area contributed by atoms with Crippen molar-refractivity contribution < 1.29 is 0 Å². The van der Waals surface area contributed by atoms with Crippen LogP contribution in [0.4, 0.5) is 11.6 Å². The summed E-state index contributed by atoms with van der Waals surface area (Å²) in [5, 5.41) is 15.1. The van der Waals surface area contributed by atoms with E-state index in [2.05, 4.69) is 20.6 Å². The van der Waals surface area contributed by atoms with Gasteiger partial charge in [-0.05, 0) is 18.2 Å². The van der Waals surface area contributed by atoms with Gasteiger partial charge in [-0.2, -0.15) is 5.10 Å². The Bertz CT molecular complexity index is 447. The van der Waals surface area contributed by atoms with Gasteiger partial charge in [-0.25, -0.2) is 0 Å². The number of hydrogen-bond donors (Lipinski definition) is 2. The Hall–Kier alpha value is -2.11. The zero-order valence-corrected chi connectivity index (χ0v) is 9.09. The van der Waals surface area contributed by atoms with E-state index in [0.29, 0.717) is 5.82 Å². The number of nitrogens with one attached hydrogen (secondary N) is 1. The van der Waals surface area contributed by atoms with Crippen LogP contribution in [0.1, 0.15) is 5.69 Å². The van der Waals surface area contributed by atoms with Gasteiger partial charge in [0.2, 0.25) is 0 Å². The highest BCUT2D eigenvalue weighted by molar-refractivity contribution is 5.38. The molecule has 84 valence electrons. The van der Waals surface area contributed by atoms with Crippen LogP contribution in [0.15, 0.2) is 24.4 Å². The van der Waals surface area contributed by atoms with Gasteiger partial charge in [0.05, 0.1) is 5.69 Å². The van der Waals surface area contributed by atoms with Crippen molar-refractivity contribution in [2.45, 2.75) is 6.42 Å². The minimum absolute atomic E-state index is 0.426. The van der Waals surface area contributed by atoms with Crippen LogP contribution in [0, 0.1) is 0 Å². The lowest BCUT2D eigenvalue weighted by Gasteiger charge is -2.02. The van der Waals surface area contributed by atoms with E-state index in [1.165, 1.54) is 0 Å². The van der Waals surface area contributed by atoms with Crippen molar-refractivity contribution in [3.8, 4) is 0 Å². The molecule has 3 N–H and O–H groups in total. The molecule has 2 aromatic heterocycles. The normalized spacial score (nSPS) is 10.3. The maximum atomic E-state index is 5.44. The van der Waals surface area contributed by atoms with Gasteiger partial charge in [0.25, 0.3) is 0 Å². The Kier molecular flexibility index (Phi) is 3.00. The number of nitrogen functional groups attached to an aromatic ring is 1. The number of rotatable bonds is 4. The number of aromatic nitrogens is 4. The molecule has 0 fully saturated rings. The summed E-state index contributed by atoms with van der Waals surface area (Å²) in [4.78, 5) is 0. The molecule has 0 aliphatic heterocycles. The topological polar surface area (TPSA) is 81.7 Å². The molecule has 0 unspecified atom stereocenters. The van der Waals surface area contributed by atoms with E-state index in [1.807, 2.05) is 19.3 Å². The van der Waals surface area contributed by atoms with E-state index in [0.717, 1.165) is 24.5 Å². The quantitative estimate of drug-likeness (QED) is 0.778. The highest BCUT2D eigenvalue weighted by Crippen LogP contribution is 2.03. The van der Waals surface area contributed by atoms with Crippen LogP contribution in [-0.4, -0.2) is 26.5 Å². The minimum atomic E-state index is 0.426. The van der Waals surface area contributed by atoms with Gasteiger partial charge < -0.3 is 11.1 Å². The fourth-order valence-electron chi connectivity index (χ4n) is 1.35. The molecule has 0 aliphatic carbocycles. The Balaban J connectivity index is 1.82. The highest BCUT2D eigenvalue weighted by Gasteiger charge is 1.98. The van der Waals surface area contributed by atoms with Gasteiger partial charge >= 0.3 is 0 Å². The van der Waals surface area contributed by atoms with Crippen LogP contribution in [0.25, 0.3) is 0 Å². The summed E-state index contributed by atoms with van der Waals surface area (Å²) in [7, 11) is 1.91. The molecular formula is C10H14N6. The second-order valence-electron chi connectivity index (χ2n) is 3.50. The van der Waals surface area contributed by atoms with E-state index < -0.39 is 0 Å². The molecule has 0 bridgehead atoms. The zero-order chi connectivity index (χ0) is 11.4. The largest absolute Gasteiger partial charge is 0.382 e. The molecule has 0 aromatic carbocycles. The van der Waals surface area contributed by atoms with Crippen LogP contribution in [0.5, 0.6) is 0 Å². The number of hydrogen-bond acceptors (Lipinski definition) is 5. The van der Waals surface area contributed by atoms with Crippen LogP contribution in [0.2, 0.25) is 0 Å². The molecule has 2 heterocycles.